The number of carbonyl (C=O) groups is 1. The molecule has 0 saturated carbocycles. The Morgan fingerprint density at radius 3 is 1.80 bits per heavy atom. The van der Waals surface area contributed by atoms with E-state index < -0.39 is 54.3 Å². The van der Waals surface area contributed by atoms with Gasteiger partial charge in [0.25, 0.3) is 0 Å². The molecule has 1 atom stereocenters. The van der Waals surface area contributed by atoms with Gasteiger partial charge in [-0.15, -0.1) is 0 Å². The minimum atomic E-state index is -7.13. The highest BCUT2D eigenvalue weighted by Crippen LogP contribution is 2.50. The van der Waals surface area contributed by atoms with Crippen molar-refractivity contribution >= 4 is 26.2 Å². The average molecular weight is 488 g/mol. The van der Waals surface area contributed by atoms with E-state index in [0.29, 0.717) is 18.6 Å². The normalized spacial score (nSPS) is 14.8. The van der Waals surface area contributed by atoms with Crippen LogP contribution >= 0.6 is 0 Å². The van der Waals surface area contributed by atoms with Crippen LogP contribution in [-0.2, 0) is 25.0 Å². The second-order valence-electron chi connectivity index (χ2n) is 5.82. The van der Waals surface area contributed by atoms with Gasteiger partial charge in [0.15, 0.2) is 0 Å². The zero-order chi connectivity index (χ0) is 23.8. The number of ether oxygens (including phenoxy) is 1. The van der Waals surface area contributed by atoms with Crippen LogP contribution < -0.4 is 8.92 Å². The molecule has 0 fully saturated rings. The summed E-state index contributed by atoms with van der Waals surface area (Å²) in [5, 5.41) is -13.7. The van der Waals surface area contributed by atoms with Gasteiger partial charge in [0, 0.05) is 0 Å². The summed E-state index contributed by atoms with van der Waals surface area (Å²) in [4.78, 5) is 11.6. The second-order valence-corrected chi connectivity index (χ2v) is 8.87. The van der Waals surface area contributed by atoms with Crippen LogP contribution in [0.3, 0.4) is 0 Å². The van der Waals surface area contributed by atoms with Gasteiger partial charge in [-0.3, -0.25) is 9.35 Å². The third kappa shape index (κ3) is 4.64. The first-order valence-electron chi connectivity index (χ1n) is 7.68. The average Bonchev–Trinajstić information content (AvgIpc) is 2.60. The molecule has 1 rings (SSSR count). The molecule has 0 spiro atoms. The molecule has 8 nitrogen and oxygen atoms in total. The predicted octanol–water partition coefficient (Wildman–Crippen LogP) is 3.06. The van der Waals surface area contributed by atoms with E-state index in [1.165, 1.54) is 6.92 Å². The number of rotatable bonds is 9. The van der Waals surface area contributed by atoms with Gasteiger partial charge in [-0.1, -0.05) is 13.8 Å². The van der Waals surface area contributed by atoms with Gasteiger partial charge < -0.3 is 8.92 Å². The molecule has 0 radical (unpaired) electrons. The van der Waals surface area contributed by atoms with Crippen LogP contribution in [0.2, 0.25) is 0 Å². The first-order chi connectivity index (χ1) is 13.3. The Balaban J connectivity index is 3.17. The number of hydrogen-bond donors (Lipinski definition) is 1. The fraction of sp³-hybridized carbons (Fsp3) is 0.500. The van der Waals surface area contributed by atoms with Crippen molar-refractivity contribution in [2.24, 2.45) is 5.92 Å². The maximum absolute atomic E-state index is 13.7. The second kappa shape index (κ2) is 8.22. The summed E-state index contributed by atoms with van der Waals surface area (Å²) in [6.07, 6.45) is 0.412. The summed E-state index contributed by atoms with van der Waals surface area (Å²) < 4.78 is 141. The zero-order valence-electron chi connectivity index (χ0n) is 15.0. The van der Waals surface area contributed by atoms with E-state index in [9.17, 15) is 48.0 Å². The molecule has 16 heteroatoms. The van der Waals surface area contributed by atoms with E-state index in [1.807, 2.05) is 0 Å². The molecule has 30 heavy (non-hydrogen) atoms. The Morgan fingerprint density at radius 2 is 1.40 bits per heavy atom. The van der Waals surface area contributed by atoms with Crippen molar-refractivity contribution in [2.45, 2.75) is 36.7 Å². The van der Waals surface area contributed by atoms with Crippen molar-refractivity contribution in [3.05, 3.63) is 24.3 Å². The molecule has 0 aliphatic heterocycles. The third-order valence-electron chi connectivity index (χ3n) is 3.63. The summed E-state index contributed by atoms with van der Waals surface area (Å²) in [5.41, 5.74) is 0. The van der Waals surface area contributed by atoms with Gasteiger partial charge in [0.2, 0.25) is 0 Å². The molecule has 1 aromatic rings. The summed E-state index contributed by atoms with van der Waals surface area (Å²) in [5.74, 6) is -9.62. The van der Waals surface area contributed by atoms with Crippen LogP contribution in [0.25, 0.3) is 0 Å². The summed E-state index contributed by atoms with van der Waals surface area (Å²) in [6, 6.07) is 2.81. The first kappa shape index (κ1) is 26.0. The number of halogens is 6. The number of hydrogen-bond acceptors (Lipinski definition) is 7. The Bertz CT molecular complexity index is 990. The lowest BCUT2D eigenvalue weighted by Crippen LogP contribution is -2.61. The molecule has 0 amide bonds. The number of alkyl halides is 6. The van der Waals surface area contributed by atoms with E-state index in [4.69, 9.17) is 9.29 Å². The van der Waals surface area contributed by atoms with Gasteiger partial charge in [-0.05, 0) is 30.7 Å². The van der Waals surface area contributed by atoms with Gasteiger partial charge in [0.05, 0.1) is 5.92 Å². The van der Waals surface area contributed by atoms with Crippen molar-refractivity contribution < 1.29 is 61.4 Å². The smallest absolute Gasteiger partial charge is 0.426 e. The topological polar surface area (TPSA) is 124 Å². The van der Waals surface area contributed by atoms with Gasteiger partial charge >= 0.3 is 42.6 Å². The lowest BCUT2D eigenvalue weighted by Gasteiger charge is -2.29. The highest BCUT2D eigenvalue weighted by Gasteiger charge is 2.83. The lowest BCUT2D eigenvalue weighted by molar-refractivity contribution is -0.247. The number of esters is 1. The molecule has 0 bridgehead atoms. The third-order valence-corrected chi connectivity index (χ3v) is 5.83. The molecule has 0 aliphatic carbocycles. The Kier molecular flexibility index (Phi) is 7.12. The van der Waals surface area contributed by atoms with Crippen LogP contribution in [0, 0.1) is 5.92 Å². The highest BCUT2D eigenvalue weighted by molar-refractivity contribution is 7.88. The van der Waals surface area contributed by atoms with Crippen LogP contribution in [0.1, 0.15) is 20.3 Å². The Morgan fingerprint density at radius 1 is 0.967 bits per heavy atom. The zero-order valence-corrected chi connectivity index (χ0v) is 16.6. The minimum Gasteiger partial charge on any atom is -0.426 e. The quantitative estimate of drug-likeness (QED) is 0.185. The maximum Gasteiger partial charge on any atom is 0.450 e. The van der Waals surface area contributed by atoms with Crippen molar-refractivity contribution in [2.75, 3.05) is 0 Å². The minimum absolute atomic E-state index is 0.208. The van der Waals surface area contributed by atoms with Crippen LogP contribution in [-0.4, -0.2) is 43.8 Å². The largest absolute Gasteiger partial charge is 0.450 e. The van der Waals surface area contributed by atoms with Gasteiger partial charge in [-0.25, -0.2) is 0 Å². The molecular formula is C14H14F6O8S2. The number of benzene rings is 1. The predicted molar refractivity (Wildman–Crippen MR) is 87.5 cm³/mol. The molecule has 1 unspecified atom stereocenters. The van der Waals surface area contributed by atoms with Crippen LogP contribution in [0.4, 0.5) is 26.3 Å². The Hall–Kier alpha value is -2.07. The van der Waals surface area contributed by atoms with E-state index in [2.05, 4.69) is 4.18 Å². The molecule has 1 N–H and O–H groups in total. The molecule has 0 saturated heterocycles. The SMILES string of the molecule is CCC(C)C(=O)Oc1ccc(OS(=O)(=O)C(F)(F)C(F)(F)C(F)(F)S(=O)(=O)O)cc1. The van der Waals surface area contributed by atoms with Crippen LogP contribution in [0.5, 0.6) is 11.5 Å². The van der Waals surface area contributed by atoms with Gasteiger partial charge in [0.1, 0.15) is 11.5 Å². The first-order valence-corrected chi connectivity index (χ1v) is 10.5. The Labute approximate surface area is 166 Å². The molecule has 0 heterocycles. The molecular weight excluding hydrogens is 474 g/mol. The molecule has 1 aromatic carbocycles. The fourth-order valence-corrected chi connectivity index (χ4v) is 3.04. The summed E-state index contributed by atoms with van der Waals surface area (Å²) in [6.45, 7) is 3.20. The van der Waals surface area contributed by atoms with E-state index >= 15 is 0 Å². The summed E-state index contributed by atoms with van der Waals surface area (Å²) in [7, 11) is -14.0. The lowest BCUT2D eigenvalue weighted by atomic mass is 10.1. The van der Waals surface area contributed by atoms with E-state index in [0.717, 1.165) is 12.1 Å². The fourth-order valence-electron chi connectivity index (χ4n) is 1.61. The standard InChI is InChI=1S/C14H14F6O8S2/c1-3-8(2)11(21)27-9-4-6-10(7-5-9)28-30(25,26)14(19,20)12(15,16)13(17,18)29(22,23)24/h4-8H,3H2,1-2H3,(H,22,23,24). The van der Waals surface area contributed by atoms with Crippen LogP contribution in [0.15, 0.2) is 24.3 Å². The molecule has 0 aliphatic rings. The van der Waals surface area contributed by atoms with E-state index in [1.54, 1.807) is 6.92 Å². The highest BCUT2D eigenvalue weighted by atomic mass is 32.2. The maximum atomic E-state index is 13.7. The van der Waals surface area contributed by atoms with Crippen molar-refractivity contribution in [3.63, 3.8) is 0 Å². The number of carbonyl (C=O) groups excluding carboxylic acids is 1. The van der Waals surface area contributed by atoms with E-state index in [-0.39, 0.29) is 5.75 Å². The van der Waals surface area contributed by atoms with Crippen molar-refractivity contribution in [1.82, 2.24) is 0 Å². The molecule has 0 aromatic heterocycles. The molecule has 172 valence electrons. The van der Waals surface area contributed by atoms with Crippen molar-refractivity contribution in [3.8, 4) is 11.5 Å². The monoisotopic (exact) mass is 488 g/mol. The van der Waals surface area contributed by atoms with Crippen molar-refractivity contribution in [1.29, 1.82) is 0 Å². The van der Waals surface area contributed by atoms with Gasteiger partial charge in [-0.2, -0.15) is 43.2 Å². The summed E-state index contributed by atoms with van der Waals surface area (Å²) >= 11 is 0.